The molecule has 0 radical (unpaired) electrons. The molecule has 7 heteroatoms. The Morgan fingerprint density at radius 2 is 1.78 bits per heavy atom. The first kappa shape index (κ1) is 17.4. The summed E-state index contributed by atoms with van der Waals surface area (Å²) < 4.78 is 28.0. The van der Waals surface area contributed by atoms with Crippen LogP contribution >= 0.6 is 0 Å². The topological polar surface area (TPSA) is 102 Å². The van der Waals surface area contributed by atoms with Gasteiger partial charge in [-0.3, -0.25) is 9.79 Å². The highest BCUT2D eigenvalue weighted by Gasteiger charge is 2.33. The lowest BCUT2D eigenvalue weighted by atomic mass is 9.90. The van der Waals surface area contributed by atoms with Crippen LogP contribution in [0.4, 0.5) is 5.69 Å². The van der Waals surface area contributed by atoms with Crippen LogP contribution in [0.1, 0.15) is 11.1 Å². The molecule has 2 aromatic rings. The lowest BCUT2D eigenvalue weighted by Gasteiger charge is -2.21. The summed E-state index contributed by atoms with van der Waals surface area (Å²) in [5.74, 6) is -0.776. The third-order valence-corrected chi connectivity index (χ3v) is 5.77. The summed E-state index contributed by atoms with van der Waals surface area (Å²) in [5, 5.41) is 0. The quantitative estimate of drug-likeness (QED) is 0.831. The minimum atomic E-state index is -3.66. The zero-order valence-electron chi connectivity index (χ0n) is 14.3. The average Bonchev–Trinajstić information content (AvgIpc) is 3.01. The van der Waals surface area contributed by atoms with Crippen molar-refractivity contribution in [3.63, 3.8) is 0 Å². The van der Waals surface area contributed by atoms with E-state index in [1.54, 1.807) is 30.3 Å². The van der Waals surface area contributed by atoms with Gasteiger partial charge >= 0.3 is 0 Å². The molecule has 6 nitrogen and oxygen atoms in total. The van der Waals surface area contributed by atoms with Gasteiger partial charge in [0.05, 0.1) is 23.2 Å². The molecule has 27 heavy (non-hydrogen) atoms. The predicted molar refractivity (Wildman–Crippen MR) is 105 cm³/mol. The van der Waals surface area contributed by atoms with Crippen LogP contribution in [0.25, 0.3) is 5.57 Å². The number of nitrogens with zero attached hydrogens (tertiary/aromatic N) is 1. The van der Waals surface area contributed by atoms with Gasteiger partial charge in [0.15, 0.2) is 0 Å². The van der Waals surface area contributed by atoms with E-state index >= 15 is 0 Å². The van der Waals surface area contributed by atoms with E-state index in [0.717, 1.165) is 11.3 Å². The number of para-hydroxylation sites is 1. The molecule has 0 saturated heterocycles. The number of carbonyl (C=O) groups excluding carboxylic acids is 1. The zero-order valence-corrected chi connectivity index (χ0v) is 15.1. The number of nitrogens with two attached hydrogens (primary N) is 1. The van der Waals surface area contributed by atoms with Crippen molar-refractivity contribution in [2.45, 2.75) is 11.8 Å². The molecule has 0 aromatic heterocycles. The summed E-state index contributed by atoms with van der Waals surface area (Å²) in [6, 6.07) is 15.6. The van der Waals surface area contributed by atoms with Crippen LogP contribution in [-0.2, 0) is 20.6 Å². The first-order valence-electron chi connectivity index (χ1n) is 8.38. The van der Waals surface area contributed by atoms with E-state index in [0.29, 0.717) is 16.8 Å². The summed E-state index contributed by atoms with van der Waals surface area (Å²) in [7, 11) is -3.66. The highest BCUT2D eigenvalue weighted by atomic mass is 32.2. The van der Waals surface area contributed by atoms with Gasteiger partial charge in [-0.05, 0) is 23.8 Å². The Morgan fingerprint density at radius 1 is 1.07 bits per heavy atom. The second-order valence-electron chi connectivity index (χ2n) is 6.40. The molecular formula is C20H17N3O3S. The van der Waals surface area contributed by atoms with Crippen molar-refractivity contribution in [2.75, 3.05) is 0 Å². The van der Waals surface area contributed by atoms with Crippen LogP contribution in [0.3, 0.4) is 0 Å². The van der Waals surface area contributed by atoms with E-state index in [9.17, 15) is 13.2 Å². The number of fused-ring (bicyclic) bond motifs is 3. The molecule has 1 aliphatic heterocycles. The summed E-state index contributed by atoms with van der Waals surface area (Å²) in [4.78, 5) is 16.3. The van der Waals surface area contributed by atoms with Crippen molar-refractivity contribution in [1.29, 1.82) is 0 Å². The van der Waals surface area contributed by atoms with Gasteiger partial charge in [0.25, 0.3) is 0 Å². The molecule has 0 bridgehead atoms. The lowest BCUT2D eigenvalue weighted by Crippen LogP contribution is -2.41. The van der Waals surface area contributed by atoms with Crippen molar-refractivity contribution >= 4 is 32.9 Å². The smallest absolute Gasteiger partial charge is 0.248 e. The maximum Gasteiger partial charge on any atom is 0.248 e. The Bertz CT molecular complexity index is 1120. The van der Waals surface area contributed by atoms with Gasteiger partial charge in [0.1, 0.15) is 0 Å². The van der Waals surface area contributed by atoms with Crippen LogP contribution in [0.5, 0.6) is 0 Å². The van der Waals surface area contributed by atoms with Crippen LogP contribution in [-0.4, -0.2) is 26.1 Å². The molecule has 1 atom stereocenters. The summed E-state index contributed by atoms with van der Waals surface area (Å²) in [6.45, 7) is 0. The molecule has 136 valence electrons. The Hall–Kier alpha value is -3.03. The van der Waals surface area contributed by atoms with Crippen LogP contribution in [0, 0.1) is 0 Å². The highest BCUT2D eigenvalue weighted by molar-refractivity contribution is 7.88. The Balaban J connectivity index is 1.68. The third kappa shape index (κ3) is 3.47. The number of hydrogen-bond acceptors (Lipinski definition) is 4. The van der Waals surface area contributed by atoms with Crippen molar-refractivity contribution in [1.82, 2.24) is 4.72 Å². The molecule has 3 N–H and O–H groups in total. The summed E-state index contributed by atoms with van der Waals surface area (Å²) in [6.07, 6.45) is 3.17. The molecule has 2 aromatic carbocycles. The molecule has 1 aliphatic carbocycles. The van der Waals surface area contributed by atoms with Crippen molar-refractivity contribution in [3.05, 3.63) is 83.4 Å². The molecular weight excluding hydrogens is 362 g/mol. The number of rotatable bonds is 5. The van der Waals surface area contributed by atoms with E-state index in [2.05, 4.69) is 9.71 Å². The highest BCUT2D eigenvalue weighted by Crippen LogP contribution is 2.38. The Morgan fingerprint density at radius 3 is 2.52 bits per heavy atom. The number of benzene rings is 2. The number of aliphatic imine (C=N–C) groups is 1. The van der Waals surface area contributed by atoms with Gasteiger partial charge < -0.3 is 5.73 Å². The molecule has 1 heterocycles. The zero-order chi connectivity index (χ0) is 19.0. The number of carbonyl (C=O) groups is 1. The fourth-order valence-electron chi connectivity index (χ4n) is 3.25. The molecule has 0 saturated carbocycles. The van der Waals surface area contributed by atoms with Crippen LogP contribution < -0.4 is 10.5 Å². The third-order valence-electron chi connectivity index (χ3n) is 4.44. The van der Waals surface area contributed by atoms with E-state index in [-0.39, 0.29) is 11.3 Å². The SMILES string of the molecule is NC(=O)C1=CC(NS(=O)(=O)Cc2ccccc2)C2=Nc3ccccc3C2=C1. The second-order valence-corrected chi connectivity index (χ2v) is 8.15. The van der Waals surface area contributed by atoms with Gasteiger partial charge in [-0.2, -0.15) is 0 Å². The summed E-state index contributed by atoms with van der Waals surface area (Å²) in [5.41, 5.74) is 9.26. The van der Waals surface area contributed by atoms with E-state index in [1.807, 2.05) is 30.3 Å². The van der Waals surface area contributed by atoms with Crippen LogP contribution in [0.2, 0.25) is 0 Å². The van der Waals surface area contributed by atoms with Gasteiger partial charge in [-0.1, -0.05) is 48.5 Å². The van der Waals surface area contributed by atoms with E-state index in [4.69, 9.17) is 5.73 Å². The molecule has 4 rings (SSSR count). The fraction of sp³-hybridized carbons (Fsp3) is 0.100. The summed E-state index contributed by atoms with van der Waals surface area (Å²) >= 11 is 0. The minimum Gasteiger partial charge on any atom is -0.366 e. The van der Waals surface area contributed by atoms with Gasteiger partial charge in [-0.15, -0.1) is 0 Å². The maximum absolute atomic E-state index is 12.7. The van der Waals surface area contributed by atoms with Crippen LogP contribution in [0.15, 0.2) is 77.3 Å². The van der Waals surface area contributed by atoms with Crippen molar-refractivity contribution < 1.29 is 13.2 Å². The monoisotopic (exact) mass is 379 g/mol. The first-order valence-corrected chi connectivity index (χ1v) is 10.0. The van der Waals surface area contributed by atoms with E-state index < -0.39 is 22.0 Å². The lowest BCUT2D eigenvalue weighted by molar-refractivity contribution is -0.114. The maximum atomic E-state index is 12.7. The number of sulfonamides is 1. The van der Waals surface area contributed by atoms with Crippen molar-refractivity contribution in [3.8, 4) is 0 Å². The number of primary amides is 1. The number of amides is 1. The molecule has 1 unspecified atom stereocenters. The fourth-order valence-corrected chi connectivity index (χ4v) is 4.53. The first-order chi connectivity index (χ1) is 12.9. The average molecular weight is 379 g/mol. The molecule has 0 fully saturated rings. The van der Waals surface area contributed by atoms with Crippen molar-refractivity contribution in [2.24, 2.45) is 10.7 Å². The molecule has 0 spiro atoms. The Labute approximate surface area is 157 Å². The Kier molecular flexibility index (Phi) is 4.25. The minimum absolute atomic E-state index is 0.163. The van der Waals surface area contributed by atoms with Gasteiger partial charge in [-0.25, -0.2) is 13.1 Å². The molecule has 1 amide bonds. The van der Waals surface area contributed by atoms with Gasteiger partial charge in [0, 0.05) is 16.7 Å². The normalized spacial score (nSPS) is 18.1. The standard InChI is InChI=1S/C20H17N3O3S/c21-20(24)14-10-16-15-8-4-5-9-17(15)22-19(16)18(11-14)23-27(25,26)12-13-6-2-1-3-7-13/h1-11,18,23H,12H2,(H2,21,24). The molecule has 2 aliphatic rings. The number of nitrogens with one attached hydrogen (secondary N) is 1. The predicted octanol–water partition coefficient (Wildman–Crippen LogP) is 2.07. The number of hydrogen-bond donors (Lipinski definition) is 2. The van der Waals surface area contributed by atoms with E-state index in [1.165, 1.54) is 6.08 Å². The largest absolute Gasteiger partial charge is 0.366 e. The second kappa shape index (κ2) is 6.61. The van der Waals surface area contributed by atoms with Gasteiger partial charge in [0.2, 0.25) is 15.9 Å².